The second-order valence-electron chi connectivity index (χ2n) is 6.33. The highest BCUT2D eigenvalue weighted by molar-refractivity contribution is 9.10. The van der Waals surface area contributed by atoms with Crippen LogP contribution in [-0.4, -0.2) is 52.5 Å². The van der Waals surface area contributed by atoms with E-state index in [1.54, 1.807) is 0 Å². The van der Waals surface area contributed by atoms with E-state index in [0.29, 0.717) is 12.1 Å². The maximum absolute atomic E-state index is 12.9. The van der Waals surface area contributed by atoms with E-state index >= 15 is 0 Å². The molecule has 0 spiro atoms. The molecule has 2 bridgehead atoms. The Morgan fingerprint density at radius 3 is 2.86 bits per heavy atom. The number of fused-ring (bicyclic) bond motifs is 2. The van der Waals surface area contributed by atoms with Gasteiger partial charge in [-0.1, -0.05) is 6.92 Å². The van der Waals surface area contributed by atoms with Gasteiger partial charge in [0.1, 0.15) is 5.69 Å². The molecule has 5 heteroatoms. The number of aromatic nitrogens is 1. The Morgan fingerprint density at radius 2 is 2.10 bits per heavy atom. The summed E-state index contributed by atoms with van der Waals surface area (Å²) < 4.78 is 3.08. The summed E-state index contributed by atoms with van der Waals surface area (Å²) in [5.74, 6) is 0.190. The molecule has 2 aliphatic rings. The van der Waals surface area contributed by atoms with Gasteiger partial charge in [-0.15, -0.1) is 0 Å². The highest BCUT2D eigenvalue weighted by Gasteiger charge is 2.36. The Labute approximate surface area is 135 Å². The van der Waals surface area contributed by atoms with Gasteiger partial charge >= 0.3 is 0 Å². The van der Waals surface area contributed by atoms with Crippen molar-refractivity contribution in [1.82, 2.24) is 14.4 Å². The second kappa shape index (κ2) is 6.13. The maximum Gasteiger partial charge on any atom is 0.270 e. The number of likely N-dealkylation sites (tertiary alicyclic amines) is 1. The quantitative estimate of drug-likeness (QED) is 0.835. The molecule has 1 amide bonds. The molecule has 2 saturated heterocycles. The fourth-order valence-corrected chi connectivity index (χ4v) is 4.20. The highest BCUT2D eigenvalue weighted by atomic mass is 79.9. The molecule has 2 unspecified atom stereocenters. The van der Waals surface area contributed by atoms with Crippen molar-refractivity contribution in [3.05, 3.63) is 22.4 Å². The molecular weight excluding hydrogens is 330 g/mol. The minimum absolute atomic E-state index is 0.190. The van der Waals surface area contributed by atoms with Crippen LogP contribution < -0.4 is 0 Å². The van der Waals surface area contributed by atoms with Crippen LogP contribution in [0.3, 0.4) is 0 Å². The standard InChI is InChI=1S/C16H24BrN3O/c1-3-7-19-10-12(17)9-15(19)16(21)20-8-6-13-4-5-14(11-20)18(13)2/h9-10,13-14H,3-8,11H2,1-2H3. The van der Waals surface area contributed by atoms with Crippen LogP contribution in [0, 0.1) is 0 Å². The van der Waals surface area contributed by atoms with Crippen LogP contribution in [0.4, 0.5) is 0 Å². The normalized spacial score (nSPS) is 26.1. The average molecular weight is 354 g/mol. The molecule has 2 aliphatic heterocycles. The SMILES string of the molecule is CCCn1cc(Br)cc1C(=O)N1CCC2CCC(C1)N2C. The summed E-state index contributed by atoms with van der Waals surface area (Å²) in [7, 11) is 2.21. The molecule has 3 heterocycles. The van der Waals surface area contributed by atoms with E-state index in [4.69, 9.17) is 0 Å². The van der Waals surface area contributed by atoms with Crippen molar-refractivity contribution in [2.75, 3.05) is 20.1 Å². The van der Waals surface area contributed by atoms with E-state index < -0.39 is 0 Å². The van der Waals surface area contributed by atoms with E-state index in [9.17, 15) is 4.79 Å². The lowest BCUT2D eigenvalue weighted by atomic mass is 10.1. The summed E-state index contributed by atoms with van der Waals surface area (Å²) in [6, 6.07) is 3.17. The summed E-state index contributed by atoms with van der Waals surface area (Å²) in [4.78, 5) is 17.5. The number of likely N-dealkylation sites (N-methyl/N-ethyl adjacent to an activating group) is 1. The van der Waals surface area contributed by atoms with Crippen LogP contribution in [0.5, 0.6) is 0 Å². The van der Waals surface area contributed by atoms with Crippen molar-refractivity contribution < 1.29 is 4.79 Å². The summed E-state index contributed by atoms with van der Waals surface area (Å²) >= 11 is 3.50. The lowest BCUT2D eigenvalue weighted by molar-refractivity contribution is 0.0729. The van der Waals surface area contributed by atoms with Crippen molar-refractivity contribution in [2.45, 2.75) is 51.2 Å². The number of amides is 1. The molecule has 0 N–H and O–H groups in total. The zero-order valence-electron chi connectivity index (χ0n) is 12.9. The molecule has 116 valence electrons. The molecule has 4 nitrogen and oxygen atoms in total. The first-order valence-corrected chi connectivity index (χ1v) is 8.76. The van der Waals surface area contributed by atoms with E-state index in [1.165, 1.54) is 12.8 Å². The number of hydrogen-bond donors (Lipinski definition) is 0. The maximum atomic E-state index is 12.9. The second-order valence-corrected chi connectivity index (χ2v) is 7.24. The first-order chi connectivity index (χ1) is 10.1. The van der Waals surface area contributed by atoms with Crippen LogP contribution in [0.25, 0.3) is 0 Å². The summed E-state index contributed by atoms with van der Waals surface area (Å²) in [6.45, 7) is 4.80. The van der Waals surface area contributed by atoms with Gasteiger partial charge in [0, 0.05) is 42.4 Å². The van der Waals surface area contributed by atoms with Crippen LogP contribution in [-0.2, 0) is 6.54 Å². The fourth-order valence-electron chi connectivity index (χ4n) is 3.73. The third-order valence-electron chi connectivity index (χ3n) is 4.98. The van der Waals surface area contributed by atoms with Gasteiger partial charge in [0.2, 0.25) is 0 Å². The van der Waals surface area contributed by atoms with Crippen molar-refractivity contribution in [1.29, 1.82) is 0 Å². The smallest absolute Gasteiger partial charge is 0.270 e. The molecule has 0 saturated carbocycles. The van der Waals surface area contributed by atoms with E-state index in [-0.39, 0.29) is 5.91 Å². The van der Waals surface area contributed by atoms with Crippen LogP contribution in [0.2, 0.25) is 0 Å². The van der Waals surface area contributed by atoms with Crippen molar-refractivity contribution >= 4 is 21.8 Å². The van der Waals surface area contributed by atoms with Crippen LogP contribution >= 0.6 is 15.9 Å². The van der Waals surface area contributed by atoms with Gasteiger partial charge in [0.15, 0.2) is 0 Å². The molecule has 1 aromatic rings. The molecule has 0 aliphatic carbocycles. The van der Waals surface area contributed by atoms with Gasteiger partial charge in [0.05, 0.1) is 0 Å². The zero-order valence-corrected chi connectivity index (χ0v) is 14.5. The monoisotopic (exact) mass is 353 g/mol. The lowest BCUT2D eigenvalue weighted by Crippen LogP contribution is -2.40. The Kier molecular flexibility index (Phi) is 4.41. The minimum Gasteiger partial charge on any atom is -0.342 e. The number of rotatable bonds is 3. The highest BCUT2D eigenvalue weighted by Crippen LogP contribution is 2.29. The van der Waals surface area contributed by atoms with E-state index in [0.717, 1.165) is 42.6 Å². The van der Waals surface area contributed by atoms with Crippen molar-refractivity contribution in [3.63, 3.8) is 0 Å². The van der Waals surface area contributed by atoms with E-state index in [2.05, 4.69) is 44.3 Å². The Hall–Kier alpha value is -0.810. The fraction of sp³-hybridized carbons (Fsp3) is 0.688. The molecule has 21 heavy (non-hydrogen) atoms. The molecule has 0 radical (unpaired) electrons. The van der Waals surface area contributed by atoms with Gasteiger partial charge < -0.3 is 9.47 Å². The lowest BCUT2D eigenvalue weighted by Gasteiger charge is -2.26. The third kappa shape index (κ3) is 2.90. The first kappa shape index (κ1) is 15.1. The summed E-state index contributed by atoms with van der Waals surface area (Å²) in [5.41, 5.74) is 0.823. The van der Waals surface area contributed by atoms with E-state index in [1.807, 2.05) is 12.3 Å². The number of hydrogen-bond acceptors (Lipinski definition) is 2. The van der Waals surface area contributed by atoms with Crippen molar-refractivity contribution in [2.24, 2.45) is 0 Å². The van der Waals surface area contributed by atoms with Gasteiger partial charge in [-0.3, -0.25) is 9.69 Å². The predicted molar refractivity (Wildman–Crippen MR) is 87.5 cm³/mol. The summed E-state index contributed by atoms with van der Waals surface area (Å²) in [6.07, 6.45) is 6.68. The Bertz CT molecular complexity index is 528. The molecule has 0 aromatic carbocycles. The van der Waals surface area contributed by atoms with Gasteiger partial charge in [-0.2, -0.15) is 0 Å². The topological polar surface area (TPSA) is 28.5 Å². The average Bonchev–Trinajstić information content (AvgIpc) is 2.90. The zero-order chi connectivity index (χ0) is 15.0. The third-order valence-corrected chi connectivity index (χ3v) is 5.42. The number of carbonyl (C=O) groups excluding carboxylic acids is 1. The molecule has 2 fully saturated rings. The molecule has 1 aromatic heterocycles. The van der Waals surface area contributed by atoms with Crippen molar-refractivity contribution in [3.8, 4) is 0 Å². The Balaban J connectivity index is 1.79. The van der Waals surface area contributed by atoms with Gasteiger partial charge in [0.25, 0.3) is 5.91 Å². The number of halogens is 1. The largest absolute Gasteiger partial charge is 0.342 e. The molecule has 3 rings (SSSR count). The van der Waals surface area contributed by atoms with Gasteiger partial charge in [-0.05, 0) is 54.7 Å². The Morgan fingerprint density at radius 1 is 1.33 bits per heavy atom. The van der Waals surface area contributed by atoms with Crippen LogP contribution in [0.1, 0.15) is 43.1 Å². The predicted octanol–water partition coefficient (Wildman–Crippen LogP) is 2.97. The first-order valence-electron chi connectivity index (χ1n) is 7.97. The number of nitrogens with zero attached hydrogens (tertiary/aromatic N) is 3. The van der Waals surface area contributed by atoms with Gasteiger partial charge in [-0.25, -0.2) is 0 Å². The van der Waals surface area contributed by atoms with Crippen LogP contribution in [0.15, 0.2) is 16.7 Å². The number of aryl methyl sites for hydroxylation is 1. The molecular formula is C16H24BrN3O. The number of carbonyl (C=O) groups is 1. The summed E-state index contributed by atoms with van der Waals surface area (Å²) in [5, 5.41) is 0. The minimum atomic E-state index is 0.190. The molecule has 2 atom stereocenters.